The number of nitro benzene ring substituents is 1. The standard InChI is InChI=1S/C17H16F4N2O4.CH3I/c1-16(24,10-27-13-5-2-11(18)3-6-13)9-22-12-4-7-15(23(25)26)14(8-12)17(19,20)21;1-2/h2-8,22,24H,9-10H2,1H3;1H3/t16-;/m1./s1/i;2-2. The number of benzene rings is 2. The van der Waals surface area contributed by atoms with Gasteiger partial charge >= 0.3 is 6.18 Å². The zero-order valence-electron chi connectivity index (χ0n) is 15.5. The first-order chi connectivity index (χ1) is 13.5. The molecular formula is C18H19F4IN2O4. The van der Waals surface area contributed by atoms with Crippen molar-refractivity contribution in [1.82, 2.24) is 0 Å². The van der Waals surface area contributed by atoms with Crippen LogP contribution in [0.4, 0.5) is 28.9 Å². The number of alkyl halides is 4. The number of nitro groups is 1. The van der Waals surface area contributed by atoms with Gasteiger partial charge in [-0.15, -0.1) is 0 Å². The van der Waals surface area contributed by atoms with Gasteiger partial charge in [0.05, 0.1) is 4.92 Å². The van der Waals surface area contributed by atoms with E-state index in [0.29, 0.717) is 11.8 Å². The molecule has 6 nitrogen and oxygen atoms in total. The van der Waals surface area contributed by atoms with Gasteiger partial charge in [-0.3, -0.25) is 10.1 Å². The molecule has 2 rings (SSSR count). The Balaban J connectivity index is 0.00000204. The molecule has 0 aromatic heterocycles. The monoisotopic (exact) mass is 528 g/mol. The number of hydrogen-bond donors (Lipinski definition) is 2. The molecule has 0 fully saturated rings. The fourth-order valence-electron chi connectivity index (χ4n) is 2.15. The average Bonchev–Trinajstić information content (AvgIpc) is 2.67. The van der Waals surface area contributed by atoms with Crippen molar-refractivity contribution >= 4 is 34.0 Å². The SMILES string of the molecule is C[125I].C[C@@](O)(CNc1ccc([N+](=O)[O-])c(C(F)(F)F)c1)COc1ccc(F)cc1. The largest absolute Gasteiger partial charge is 0.491 e. The van der Waals surface area contributed by atoms with Crippen molar-refractivity contribution in [2.24, 2.45) is 0 Å². The fraction of sp³-hybridized carbons (Fsp3) is 0.333. The highest BCUT2D eigenvalue weighted by Crippen LogP contribution is 2.37. The number of halogens is 5. The molecule has 0 radical (unpaired) electrons. The van der Waals surface area contributed by atoms with Crippen molar-refractivity contribution in [2.75, 3.05) is 23.4 Å². The summed E-state index contributed by atoms with van der Waals surface area (Å²) < 4.78 is 57.1. The number of hydrogen-bond acceptors (Lipinski definition) is 5. The lowest BCUT2D eigenvalue weighted by Gasteiger charge is -2.24. The zero-order valence-corrected chi connectivity index (χ0v) is 17.6. The van der Waals surface area contributed by atoms with Gasteiger partial charge in [-0.1, -0.05) is 22.6 Å². The molecule has 2 aromatic carbocycles. The Hall–Kier alpha value is -2.15. The normalized spacial score (nSPS) is 13.0. The molecule has 0 amide bonds. The third-order valence-electron chi connectivity index (χ3n) is 3.54. The van der Waals surface area contributed by atoms with E-state index in [0.717, 1.165) is 12.1 Å². The smallest absolute Gasteiger partial charge is 0.423 e. The summed E-state index contributed by atoms with van der Waals surface area (Å²) >= 11 is 2.15. The number of aliphatic hydroxyl groups is 1. The van der Waals surface area contributed by atoms with Crippen LogP contribution >= 0.6 is 22.6 Å². The van der Waals surface area contributed by atoms with Crippen molar-refractivity contribution in [3.63, 3.8) is 0 Å². The second-order valence-corrected chi connectivity index (χ2v) is 6.08. The van der Waals surface area contributed by atoms with Gasteiger partial charge < -0.3 is 15.2 Å². The van der Waals surface area contributed by atoms with Crippen LogP contribution in [-0.4, -0.2) is 33.7 Å². The van der Waals surface area contributed by atoms with Crippen LogP contribution in [-0.2, 0) is 6.18 Å². The number of nitrogens with zero attached hydrogens (tertiary/aromatic N) is 1. The summed E-state index contributed by atoms with van der Waals surface area (Å²) in [6.45, 7) is 0.980. The van der Waals surface area contributed by atoms with Crippen molar-refractivity contribution in [3.8, 4) is 5.75 Å². The molecule has 0 bridgehead atoms. The Kier molecular flexibility index (Phi) is 9.08. The molecular weight excluding hydrogens is 509 g/mol. The predicted molar refractivity (Wildman–Crippen MR) is 109 cm³/mol. The lowest BCUT2D eigenvalue weighted by atomic mass is 10.1. The molecule has 0 saturated carbocycles. The molecule has 0 saturated heterocycles. The third-order valence-corrected chi connectivity index (χ3v) is 3.54. The van der Waals surface area contributed by atoms with Gasteiger partial charge in [-0.25, -0.2) is 4.39 Å². The summed E-state index contributed by atoms with van der Waals surface area (Å²) in [6, 6.07) is 7.56. The Morgan fingerprint density at radius 2 is 1.76 bits per heavy atom. The van der Waals surface area contributed by atoms with Crippen LogP contribution in [0.3, 0.4) is 0 Å². The molecule has 29 heavy (non-hydrogen) atoms. The zero-order chi connectivity index (χ0) is 22.2. The van der Waals surface area contributed by atoms with Gasteiger partial charge in [0, 0.05) is 18.3 Å². The van der Waals surface area contributed by atoms with E-state index in [2.05, 4.69) is 27.9 Å². The van der Waals surface area contributed by atoms with Crippen LogP contribution in [0, 0.1) is 15.9 Å². The second-order valence-electron chi connectivity index (χ2n) is 6.08. The molecule has 0 aliphatic heterocycles. The Morgan fingerprint density at radius 3 is 2.28 bits per heavy atom. The highest BCUT2D eigenvalue weighted by Gasteiger charge is 2.38. The maximum atomic E-state index is 13.0. The molecule has 160 valence electrons. The van der Waals surface area contributed by atoms with E-state index in [1.165, 1.54) is 31.2 Å². The molecule has 0 aliphatic carbocycles. The van der Waals surface area contributed by atoms with E-state index in [1.54, 1.807) is 0 Å². The lowest BCUT2D eigenvalue weighted by molar-refractivity contribution is -0.388. The summed E-state index contributed by atoms with van der Waals surface area (Å²) in [5.41, 5.74) is -3.97. The quantitative estimate of drug-likeness (QED) is 0.173. The van der Waals surface area contributed by atoms with Crippen molar-refractivity contribution in [2.45, 2.75) is 18.7 Å². The van der Waals surface area contributed by atoms with E-state index in [-0.39, 0.29) is 18.8 Å². The summed E-state index contributed by atoms with van der Waals surface area (Å²) in [5.74, 6) is -0.138. The Bertz CT molecular complexity index is 814. The van der Waals surface area contributed by atoms with E-state index in [4.69, 9.17) is 4.74 Å². The molecule has 2 N–H and O–H groups in total. The van der Waals surface area contributed by atoms with Gasteiger partial charge in [-0.05, 0) is 48.3 Å². The number of anilines is 1. The number of rotatable bonds is 7. The first-order valence-electron chi connectivity index (χ1n) is 8.06. The Morgan fingerprint density at radius 1 is 1.17 bits per heavy atom. The van der Waals surface area contributed by atoms with Crippen molar-refractivity contribution in [1.29, 1.82) is 0 Å². The minimum Gasteiger partial charge on any atom is -0.491 e. The van der Waals surface area contributed by atoms with Gasteiger partial charge in [0.2, 0.25) is 0 Å². The minimum absolute atomic E-state index is 0.0463. The van der Waals surface area contributed by atoms with Gasteiger partial charge in [0.1, 0.15) is 29.3 Å². The molecule has 0 aliphatic rings. The fourth-order valence-corrected chi connectivity index (χ4v) is 2.15. The van der Waals surface area contributed by atoms with Crippen LogP contribution in [0.5, 0.6) is 5.75 Å². The topological polar surface area (TPSA) is 84.6 Å². The van der Waals surface area contributed by atoms with E-state index in [1.807, 2.05) is 4.93 Å². The van der Waals surface area contributed by atoms with Crippen LogP contribution in [0.2, 0.25) is 0 Å². The van der Waals surface area contributed by atoms with E-state index < -0.39 is 33.8 Å². The molecule has 1 atom stereocenters. The maximum Gasteiger partial charge on any atom is 0.423 e. The lowest BCUT2D eigenvalue weighted by Crippen LogP contribution is -2.39. The van der Waals surface area contributed by atoms with Crippen LogP contribution in [0.1, 0.15) is 12.5 Å². The highest BCUT2D eigenvalue weighted by molar-refractivity contribution is 14.1. The average molecular weight is 528 g/mol. The summed E-state index contributed by atoms with van der Waals surface area (Å²) in [7, 11) is 0. The summed E-state index contributed by atoms with van der Waals surface area (Å²) in [4.78, 5) is 11.6. The van der Waals surface area contributed by atoms with E-state index >= 15 is 0 Å². The Labute approximate surface area is 178 Å². The predicted octanol–water partition coefficient (Wildman–Crippen LogP) is 5.05. The van der Waals surface area contributed by atoms with E-state index in [9.17, 15) is 32.8 Å². The van der Waals surface area contributed by atoms with Crippen LogP contribution in [0.15, 0.2) is 42.5 Å². The van der Waals surface area contributed by atoms with Crippen molar-refractivity contribution < 1.29 is 32.3 Å². The number of ether oxygens (including phenoxy) is 1. The van der Waals surface area contributed by atoms with Crippen molar-refractivity contribution in [3.05, 3.63) is 64.0 Å². The summed E-state index contributed by atoms with van der Waals surface area (Å²) in [6.07, 6.45) is -4.89. The summed E-state index contributed by atoms with van der Waals surface area (Å²) in [5, 5.41) is 23.6. The molecule has 0 heterocycles. The van der Waals surface area contributed by atoms with Gasteiger partial charge in [-0.2, -0.15) is 13.2 Å². The molecule has 11 heteroatoms. The second kappa shape index (κ2) is 10.6. The first kappa shape index (κ1) is 24.9. The van der Waals surface area contributed by atoms with Gasteiger partial charge in [0.15, 0.2) is 0 Å². The van der Waals surface area contributed by atoms with Gasteiger partial charge in [0.25, 0.3) is 5.69 Å². The number of nitrogens with one attached hydrogen (secondary N) is 1. The molecule has 2 aromatic rings. The molecule has 0 unspecified atom stereocenters. The minimum atomic E-state index is -4.89. The third kappa shape index (κ3) is 8.01. The molecule has 0 spiro atoms. The maximum absolute atomic E-state index is 13.0. The first-order valence-corrected chi connectivity index (χ1v) is 10.2. The van der Waals surface area contributed by atoms with Crippen LogP contribution < -0.4 is 10.1 Å². The highest BCUT2D eigenvalue weighted by atomic mass is 125. The van der Waals surface area contributed by atoms with Crippen LogP contribution in [0.25, 0.3) is 0 Å².